The third kappa shape index (κ3) is 3.58. The van der Waals surface area contributed by atoms with Crippen molar-refractivity contribution in [1.82, 2.24) is 14.9 Å². The van der Waals surface area contributed by atoms with Gasteiger partial charge in [0.15, 0.2) is 5.82 Å². The highest BCUT2D eigenvalue weighted by Gasteiger charge is 2.27. The summed E-state index contributed by atoms with van der Waals surface area (Å²) in [5, 5.41) is 1.36. The summed E-state index contributed by atoms with van der Waals surface area (Å²) in [6.45, 7) is 0.330. The number of halogens is 3. The first-order valence-electron chi connectivity index (χ1n) is 7.61. The molecule has 0 saturated carbocycles. The number of hydrogen-bond donors (Lipinski definition) is 2. The zero-order valence-corrected chi connectivity index (χ0v) is 14.2. The van der Waals surface area contributed by atoms with Gasteiger partial charge in [0.1, 0.15) is 5.82 Å². The first kappa shape index (κ1) is 18.0. The lowest BCUT2D eigenvalue weighted by molar-refractivity contribution is 0.0757. The van der Waals surface area contributed by atoms with Crippen molar-refractivity contribution >= 4 is 23.5 Å². The summed E-state index contributed by atoms with van der Waals surface area (Å²) in [5.74, 6) is 4.25. The summed E-state index contributed by atoms with van der Waals surface area (Å²) in [6.07, 6.45) is 2.28. The number of hydrazine groups is 1. The van der Waals surface area contributed by atoms with Gasteiger partial charge in [-0.15, -0.1) is 0 Å². The maximum Gasteiger partial charge on any atom is 0.257 e. The van der Waals surface area contributed by atoms with Crippen LogP contribution >= 0.6 is 11.6 Å². The van der Waals surface area contributed by atoms with Crippen molar-refractivity contribution in [2.45, 2.75) is 6.42 Å². The average Bonchev–Trinajstić information content (AvgIpc) is 2.61. The summed E-state index contributed by atoms with van der Waals surface area (Å²) in [7, 11) is 0. The Hall–Kier alpha value is -2.78. The molecule has 0 saturated heterocycles. The van der Waals surface area contributed by atoms with Crippen molar-refractivity contribution < 1.29 is 13.6 Å². The second kappa shape index (κ2) is 7.22. The molecule has 1 amide bonds. The smallest absolute Gasteiger partial charge is 0.257 e. The van der Waals surface area contributed by atoms with Crippen LogP contribution < -0.4 is 16.6 Å². The van der Waals surface area contributed by atoms with Crippen molar-refractivity contribution in [1.29, 1.82) is 0 Å². The molecule has 4 N–H and O–H groups in total. The van der Waals surface area contributed by atoms with Gasteiger partial charge < -0.3 is 10.6 Å². The minimum Gasteiger partial charge on any atom is -0.399 e. The van der Waals surface area contributed by atoms with Crippen LogP contribution in [0.4, 0.5) is 14.7 Å². The molecule has 0 aliphatic carbocycles. The van der Waals surface area contributed by atoms with Gasteiger partial charge in [-0.2, -0.15) is 0 Å². The summed E-state index contributed by atoms with van der Waals surface area (Å²) >= 11 is 5.71. The minimum absolute atomic E-state index is 0.0606. The SMILES string of the molecule is NC1=C(N(N)c2ncc(F)cn2)CCN(C(=O)c2ccc(Cl)cc2F)C1. The summed E-state index contributed by atoms with van der Waals surface area (Å²) < 4.78 is 26.9. The molecule has 2 aromatic rings. The van der Waals surface area contributed by atoms with E-state index >= 15 is 0 Å². The van der Waals surface area contributed by atoms with Crippen molar-refractivity contribution in [3.63, 3.8) is 0 Å². The van der Waals surface area contributed by atoms with Crippen LogP contribution in [0, 0.1) is 11.6 Å². The fraction of sp³-hybridized carbons (Fsp3) is 0.188. The van der Waals surface area contributed by atoms with Crippen molar-refractivity contribution in [3.05, 3.63) is 64.2 Å². The van der Waals surface area contributed by atoms with Gasteiger partial charge in [-0.3, -0.25) is 4.79 Å². The van der Waals surface area contributed by atoms with E-state index in [1.54, 1.807) is 0 Å². The summed E-state index contributed by atoms with van der Waals surface area (Å²) in [4.78, 5) is 21.5. The number of hydrogen-bond acceptors (Lipinski definition) is 6. The van der Waals surface area contributed by atoms with E-state index in [0.29, 0.717) is 17.8 Å². The van der Waals surface area contributed by atoms with E-state index in [9.17, 15) is 13.6 Å². The first-order chi connectivity index (χ1) is 12.4. The highest BCUT2D eigenvalue weighted by Crippen LogP contribution is 2.22. The lowest BCUT2D eigenvalue weighted by Crippen LogP contribution is -2.44. The van der Waals surface area contributed by atoms with Crippen LogP contribution in [0.15, 0.2) is 42.0 Å². The number of nitrogens with zero attached hydrogens (tertiary/aromatic N) is 4. The molecule has 0 spiro atoms. The Morgan fingerprint density at radius 1 is 1.27 bits per heavy atom. The summed E-state index contributed by atoms with van der Waals surface area (Å²) in [6, 6.07) is 3.85. The van der Waals surface area contributed by atoms with E-state index in [4.69, 9.17) is 23.2 Å². The van der Waals surface area contributed by atoms with E-state index in [1.807, 2.05) is 0 Å². The Morgan fingerprint density at radius 3 is 2.58 bits per heavy atom. The molecular weight excluding hydrogens is 366 g/mol. The molecule has 2 heterocycles. The zero-order chi connectivity index (χ0) is 18.8. The van der Waals surface area contributed by atoms with Gasteiger partial charge in [0.05, 0.1) is 30.2 Å². The number of amides is 1. The fourth-order valence-corrected chi connectivity index (χ4v) is 2.77. The van der Waals surface area contributed by atoms with Crippen molar-refractivity contribution in [2.24, 2.45) is 11.6 Å². The third-order valence-electron chi connectivity index (χ3n) is 3.91. The molecule has 136 valence electrons. The van der Waals surface area contributed by atoms with Gasteiger partial charge in [-0.05, 0) is 18.2 Å². The molecular formula is C16H15ClF2N6O. The molecule has 0 unspecified atom stereocenters. The minimum atomic E-state index is -0.698. The molecule has 1 aromatic carbocycles. The van der Waals surface area contributed by atoms with Gasteiger partial charge in [0, 0.05) is 23.7 Å². The highest BCUT2D eigenvalue weighted by atomic mass is 35.5. The van der Waals surface area contributed by atoms with Crippen LogP contribution in [0.25, 0.3) is 0 Å². The number of benzene rings is 1. The average molecular weight is 381 g/mol. The molecule has 0 bridgehead atoms. The van der Waals surface area contributed by atoms with Gasteiger partial charge in [0.25, 0.3) is 5.91 Å². The maximum atomic E-state index is 14.0. The zero-order valence-electron chi connectivity index (χ0n) is 13.5. The fourth-order valence-electron chi connectivity index (χ4n) is 2.61. The van der Waals surface area contributed by atoms with Crippen LogP contribution in [0.1, 0.15) is 16.8 Å². The maximum absolute atomic E-state index is 14.0. The third-order valence-corrected chi connectivity index (χ3v) is 4.15. The van der Waals surface area contributed by atoms with E-state index in [2.05, 4.69) is 9.97 Å². The monoisotopic (exact) mass is 380 g/mol. The van der Waals surface area contributed by atoms with Crippen molar-refractivity contribution in [2.75, 3.05) is 18.1 Å². The normalized spacial score (nSPS) is 14.5. The Labute approximate surface area is 152 Å². The standard InChI is InChI=1S/C16H15ClF2N6O/c17-9-1-2-11(12(19)5-9)15(26)24-4-3-14(13(20)8-24)25(21)16-22-6-10(18)7-23-16/h1-2,5-7H,3-4,8,20-21H2. The van der Waals surface area contributed by atoms with Crippen LogP contribution in [0.5, 0.6) is 0 Å². The molecule has 0 atom stereocenters. The largest absolute Gasteiger partial charge is 0.399 e. The number of carbonyl (C=O) groups excluding carboxylic acids is 1. The van der Waals surface area contributed by atoms with Crippen LogP contribution in [0.2, 0.25) is 5.02 Å². The second-order valence-corrected chi connectivity index (χ2v) is 6.08. The van der Waals surface area contributed by atoms with Crippen LogP contribution in [-0.4, -0.2) is 33.9 Å². The highest BCUT2D eigenvalue weighted by molar-refractivity contribution is 6.30. The van der Waals surface area contributed by atoms with Gasteiger partial charge in [-0.1, -0.05) is 11.6 Å². The molecule has 0 radical (unpaired) electrons. The van der Waals surface area contributed by atoms with E-state index in [-0.39, 0.29) is 29.6 Å². The number of aromatic nitrogens is 2. The van der Waals surface area contributed by atoms with Gasteiger partial charge >= 0.3 is 0 Å². The summed E-state index contributed by atoms with van der Waals surface area (Å²) in [5.41, 5.74) is 6.77. The molecule has 3 rings (SSSR count). The molecule has 10 heteroatoms. The molecule has 1 aromatic heterocycles. The Balaban J connectivity index is 1.78. The number of rotatable bonds is 3. The number of nitrogens with two attached hydrogens (primary N) is 2. The van der Waals surface area contributed by atoms with E-state index < -0.39 is 17.5 Å². The Morgan fingerprint density at radius 2 is 1.96 bits per heavy atom. The topological polar surface area (TPSA) is 101 Å². The Bertz CT molecular complexity index is 874. The molecule has 26 heavy (non-hydrogen) atoms. The van der Waals surface area contributed by atoms with Crippen molar-refractivity contribution in [3.8, 4) is 0 Å². The van der Waals surface area contributed by atoms with Crippen LogP contribution in [-0.2, 0) is 0 Å². The molecule has 1 aliphatic rings. The molecule has 0 fully saturated rings. The van der Waals surface area contributed by atoms with Gasteiger partial charge in [0.2, 0.25) is 5.95 Å². The predicted molar refractivity (Wildman–Crippen MR) is 91.8 cm³/mol. The number of carbonyl (C=O) groups is 1. The molecule has 1 aliphatic heterocycles. The predicted octanol–water partition coefficient (Wildman–Crippen LogP) is 1.80. The Kier molecular flexibility index (Phi) is 5.01. The molecule has 7 nitrogen and oxygen atoms in total. The lowest BCUT2D eigenvalue weighted by Gasteiger charge is -2.32. The number of anilines is 1. The second-order valence-electron chi connectivity index (χ2n) is 5.64. The first-order valence-corrected chi connectivity index (χ1v) is 7.99. The van der Waals surface area contributed by atoms with E-state index in [1.165, 1.54) is 17.0 Å². The lowest BCUT2D eigenvalue weighted by atomic mass is 10.1. The van der Waals surface area contributed by atoms with Crippen LogP contribution in [0.3, 0.4) is 0 Å². The van der Waals surface area contributed by atoms with E-state index in [0.717, 1.165) is 23.5 Å². The quantitative estimate of drug-likeness (QED) is 0.622. The van der Waals surface area contributed by atoms with Gasteiger partial charge in [-0.25, -0.2) is 29.6 Å².